The van der Waals surface area contributed by atoms with Crippen molar-refractivity contribution in [2.75, 3.05) is 0 Å². The van der Waals surface area contributed by atoms with Crippen LogP contribution >= 0.6 is 0 Å². The van der Waals surface area contributed by atoms with Gasteiger partial charge in [0.15, 0.2) is 5.58 Å². The van der Waals surface area contributed by atoms with E-state index in [1.807, 2.05) is 66.9 Å². The van der Waals surface area contributed by atoms with E-state index in [4.69, 9.17) is 9.40 Å². The first-order chi connectivity index (χ1) is 12.8. The summed E-state index contributed by atoms with van der Waals surface area (Å²) in [5.74, 6) is 0.623. The third kappa shape index (κ3) is 2.52. The van der Waals surface area contributed by atoms with E-state index < -0.39 is 0 Å². The Labute approximate surface area is 150 Å². The minimum absolute atomic E-state index is 0.623. The number of oxazole rings is 1. The fraction of sp³-hybridized carbons (Fsp3) is 0.0455. The number of aromatic nitrogens is 3. The molecule has 0 aliphatic carbocycles. The third-order valence-corrected chi connectivity index (χ3v) is 4.42. The van der Waals surface area contributed by atoms with Crippen LogP contribution in [-0.4, -0.2) is 15.0 Å². The van der Waals surface area contributed by atoms with Gasteiger partial charge in [-0.05, 0) is 48.9 Å². The van der Waals surface area contributed by atoms with Crippen molar-refractivity contribution < 1.29 is 4.42 Å². The van der Waals surface area contributed by atoms with Gasteiger partial charge in [0.1, 0.15) is 5.52 Å². The van der Waals surface area contributed by atoms with Crippen LogP contribution in [0.5, 0.6) is 0 Å². The summed E-state index contributed by atoms with van der Waals surface area (Å²) in [5, 5.41) is 0. The zero-order valence-electron chi connectivity index (χ0n) is 14.2. The number of para-hydroxylation sites is 2. The summed E-state index contributed by atoms with van der Waals surface area (Å²) in [6, 6.07) is 21.9. The molecule has 0 spiro atoms. The molecule has 0 aliphatic rings. The van der Waals surface area contributed by atoms with E-state index in [2.05, 4.69) is 23.0 Å². The van der Waals surface area contributed by atoms with Crippen molar-refractivity contribution in [1.29, 1.82) is 0 Å². The Hall–Kier alpha value is -3.53. The molecule has 26 heavy (non-hydrogen) atoms. The maximum absolute atomic E-state index is 5.83. The lowest BCUT2D eigenvalue weighted by Gasteiger charge is -2.04. The Morgan fingerprint density at radius 2 is 1.54 bits per heavy atom. The highest BCUT2D eigenvalue weighted by molar-refractivity contribution is 5.79. The molecule has 4 nitrogen and oxygen atoms in total. The molecule has 2 heterocycles. The molecule has 0 amide bonds. The SMILES string of the molecule is Cc1ccc2nc(-c3ccc(-c4nc5ccccc5o4)cc3)cnc2c1. The second-order valence-electron chi connectivity index (χ2n) is 6.31. The summed E-state index contributed by atoms with van der Waals surface area (Å²) in [6.07, 6.45) is 1.82. The Bertz CT molecular complexity index is 1210. The van der Waals surface area contributed by atoms with Crippen LogP contribution in [0.4, 0.5) is 0 Å². The van der Waals surface area contributed by atoms with E-state index in [0.29, 0.717) is 5.89 Å². The molecule has 0 aliphatic heterocycles. The largest absolute Gasteiger partial charge is 0.436 e. The van der Waals surface area contributed by atoms with E-state index in [0.717, 1.165) is 39.0 Å². The fourth-order valence-electron chi connectivity index (χ4n) is 3.04. The van der Waals surface area contributed by atoms with Crippen LogP contribution in [0.15, 0.2) is 77.3 Å². The van der Waals surface area contributed by atoms with E-state index in [1.165, 1.54) is 5.56 Å². The van der Waals surface area contributed by atoms with Gasteiger partial charge in [0.2, 0.25) is 5.89 Å². The van der Waals surface area contributed by atoms with Crippen molar-refractivity contribution in [2.24, 2.45) is 0 Å². The van der Waals surface area contributed by atoms with Crippen molar-refractivity contribution in [3.05, 3.63) is 78.5 Å². The number of aryl methyl sites for hydroxylation is 1. The van der Waals surface area contributed by atoms with Crippen LogP contribution in [0, 0.1) is 6.92 Å². The Morgan fingerprint density at radius 3 is 2.38 bits per heavy atom. The second-order valence-corrected chi connectivity index (χ2v) is 6.31. The zero-order valence-corrected chi connectivity index (χ0v) is 14.2. The molecule has 0 radical (unpaired) electrons. The molecule has 0 N–H and O–H groups in total. The highest BCUT2D eigenvalue weighted by Crippen LogP contribution is 2.27. The summed E-state index contributed by atoms with van der Waals surface area (Å²) in [6.45, 7) is 2.06. The number of hydrogen-bond donors (Lipinski definition) is 0. The normalized spacial score (nSPS) is 11.3. The lowest BCUT2D eigenvalue weighted by Crippen LogP contribution is -1.89. The maximum Gasteiger partial charge on any atom is 0.227 e. The molecule has 0 bridgehead atoms. The Kier molecular flexibility index (Phi) is 3.28. The van der Waals surface area contributed by atoms with Gasteiger partial charge in [-0.25, -0.2) is 9.97 Å². The topological polar surface area (TPSA) is 51.8 Å². The fourth-order valence-corrected chi connectivity index (χ4v) is 3.04. The Balaban J connectivity index is 1.52. The summed E-state index contributed by atoms with van der Waals surface area (Å²) in [7, 11) is 0. The van der Waals surface area contributed by atoms with Gasteiger partial charge in [-0.2, -0.15) is 0 Å². The van der Waals surface area contributed by atoms with Crippen LogP contribution in [0.3, 0.4) is 0 Å². The lowest BCUT2D eigenvalue weighted by molar-refractivity contribution is 0.620. The molecule has 3 aromatic carbocycles. The average molecular weight is 337 g/mol. The molecule has 0 saturated heterocycles. The first-order valence-corrected chi connectivity index (χ1v) is 8.46. The van der Waals surface area contributed by atoms with Gasteiger partial charge in [-0.1, -0.05) is 30.3 Å². The molecular formula is C22H15N3O. The van der Waals surface area contributed by atoms with Gasteiger partial charge in [0.25, 0.3) is 0 Å². The predicted molar refractivity (Wildman–Crippen MR) is 103 cm³/mol. The highest BCUT2D eigenvalue weighted by atomic mass is 16.3. The molecule has 5 aromatic rings. The smallest absolute Gasteiger partial charge is 0.227 e. The summed E-state index contributed by atoms with van der Waals surface area (Å²) >= 11 is 0. The first kappa shape index (κ1) is 14.8. The van der Waals surface area contributed by atoms with Crippen LogP contribution in [-0.2, 0) is 0 Å². The van der Waals surface area contributed by atoms with E-state index >= 15 is 0 Å². The minimum Gasteiger partial charge on any atom is -0.436 e. The van der Waals surface area contributed by atoms with Crippen LogP contribution < -0.4 is 0 Å². The molecule has 5 rings (SSSR count). The van der Waals surface area contributed by atoms with Gasteiger partial charge in [0.05, 0.1) is 22.9 Å². The van der Waals surface area contributed by atoms with Gasteiger partial charge in [-0.15, -0.1) is 0 Å². The second kappa shape index (κ2) is 5.77. The van der Waals surface area contributed by atoms with Crippen molar-refractivity contribution in [3.8, 4) is 22.7 Å². The summed E-state index contributed by atoms with van der Waals surface area (Å²) in [4.78, 5) is 13.8. The lowest BCUT2D eigenvalue weighted by atomic mass is 10.1. The first-order valence-electron chi connectivity index (χ1n) is 8.46. The van der Waals surface area contributed by atoms with E-state index in [1.54, 1.807) is 0 Å². The minimum atomic E-state index is 0.623. The van der Waals surface area contributed by atoms with Gasteiger partial charge in [-0.3, -0.25) is 4.98 Å². The number of nitrogens with zero attached hydrogens (tertiary/aromatic N) is 3. The molecular weight excluding hydrogens is 322 g/mol. The number of rotatable bonds is 2. The van der Waals surface area contributed by atoms with Crippen LogP contribution in [0.1, 0.15) is 5.56 Å². The molecule has 0 saturated carbocycles. The van der Waals surface area contributed by atoms with E-state index in [9.17, 15) is 0 Å². The van der Waals surface area contributed by atoms with Crippen molar-refractivity contribution >= 4 is 22.1 Å². The maximum atomic E-state index is 5.83. The van der Waals surface area contributed by atoms with Crippen molar-refractivity contribution in [3.63, 3.8) is 0 Å². The molecule has 0 fully saturated rings. The van der Waals surface area contributed by atoms with Crippen molar-refractivity contribution in [2.45, 2.75) is 6.92 Å². The van der Waals surface area contributed by atoms with E-state index in [-0.39, 0.29) is 0 Å². The molecule has 124 valence electrons. The number of hydrogen-bond acceptors (Lipinski definition) is 4. The molecule has 0 atom stereocenters. The average Bonchev–Trinajstić information content (AvgIpc) is 3.12. The molecule has 0 unspecified atom stereocenters. The predicted octanol–water partition coefficient (Wildman–Crippen LogP) is 5.41. The summed E-state index contributed by atoms with van der Waals surface area (Å²) in [5.41, 5.74) is 7.46. The third-order valence-electron chi connectivity index (χ3n) is 4.42. The highest BCUT2D eigenvalue weighted by Gasteiger charge is 2.09. The monoisotopic (exact) mass is 337 g/mol. The zero-order chi connectivity index (χ0) is 17.5. The van der Waals surface area contributed by atoms with Gasteiger partial charge < -0.3 is 4.42 Å². The number of fused-ring (bicyclic) bond motifs is 2. The standard InChI is InChI=1S/C22H15N3O/c1-14-6-11-17-19(12-14)23-13-20(24-17)15-7-9-16(10-8-15)22-25-18-4-2-3-5-21(18)26-22/h2-13H,1H3. The van der Waals surface area contributed by atoms with Crippen LogP contribution in [0.2, 0.25) is 0 Å². The van der Waals surface area contributed by atoms with Crippen molar-refractivity contribution in [1.82, 2.24) is 15.0 Å². The quantitative estimate of drug-likeness (QED) is 0.432. The summed E-state index contributed by atoms with van der Waals surface area (Å²) < 4.78 is 5.83. The van der Waals surface area contributed by atoms with Crippen LogP contribution in [0.25, 0.3) is 44.8 Å². The molecule has 4 heteroatoms. The number of benzene rings is 3. The van der Waals surface area contributed by atoms with Gasteiger partial charge >= 0.3 is 0 Å². The molecule has 2 aromatic heterocycles. The van der Waals surface area contributed by atoms with Gasteiger partial charge in [0, 0.05) is 11.1 Å². The Morgan fingerprint density at radius 1 is 0.731 bits per heavy atom.